The number of halogens is 3. The molecule has 0 saturated carbocycles. The summed E-state index contributed by atoms with van der Waals surface area (Å²) in [7, 11) is 2.48. The van der Waals surface area contributed by atoms with Gasteiger partial charge < -0.3 is 5.32 Å². The molecule has 0 bridgehead atoms. The van der Waals surface area contributed by atoms with Gasteiger partial charge in [0.2, 0.25) is 0 Å². The zero-order valence-corrected chi connectivity index (χ0v) is 10.8. The van der Waals surface area contributed by atoms with Gasteiger partial charge in [0.25, 0.3) is 0 Å². The van der Waals surface area contributed by atoms with Gasteiger partial charge in [-0.25, -0.2) is 5.06 Å². The lowest BCUT2D eigenvalue weighted by molar-refractivity contribution is -0.171. The van der Waals surface area contributed by atoms with Crippen molar-refractivity contribution in [3.05, 3.63) is 29.8 Å². The van der Waals surface area contributed by atoms with Crippen LogP contribution in [0.15, 0.2) is 24.3 Å². The summed E-state index contributed by atoms with van der Waals surface area (Å²) in [5, 5.41) is 2.99. The first-order valence-electron chi connectivity index (χ1n) is 5.52. The van der Waals surface area contributed by atoms with Crippen molar-refractivity contribution < 1.29 is 27.6 Å². The predicted octanol–water partition coefficient (Wildman–Crippen LogP) is 1.75. The molecule has 1 N–H and O–H groups in total. The first-order valence-corrected chi connectivity index (χ1v) is 5.52. The number of alkyl halides is 3. The molecule has 20 heavy (non-hydrogen) atoms. The van der Waals surface area contributed by atoms with E-state index in [0.717, 1.165) is 5.06 Å². The van der Waals surface area contributed by atoms with Crippen molar-refractivity contribution in [1.29, 1.82) is 0 Å². The van der Waals surface area contributed by atoms with E-state index in [0.29, 0.717) is 0 Å². The molecule has 1 rings (SSSR count). The van der Waals surface area contributed by atoms with Gasteiger partial charge in [0.05, 0.1) is 13.5 Å². The molecule has 8 heteroatoms. The fourth-order valence-corrected chi connectivity index (χ4v) is 1.35. The first-order chi connectivity index (χ1) is 9.23. The van der Waals surface area contributed by atoms with Crippen molar-refractivity contribution in [3.8, 4) is 0 Å². The molecule has 0 spiro atoms. The Kier molecular flexibility index (Phi) is 5.09. The zero-order chi connectivity index (χ0) is 15.3. The molecule has 0 atom stereocenters. The summed E-state index contributed by atoms with van der Waals surface area (Å²) in [4.78, 5) is 27.4. The predicted molar refractivity (Wildman–Crippen MR) is 64.6 cm³/mol. The van der Waals surface area contributed by atoms with Crippen LogP contribution in [0.3, 0.4) is 0 Å². The Hall–Kier alpha value is -2.09. The van der Waals surface area contributed by atoms with Crippen LogP contribution >= 0.6 is 0 Å². The quantitative estimate of drug-likeness (QED) is 0.681. The van der Waals surface area contributed by atoms with E-state index in [1.807, 2.05) is 0 Å². The molecule has 110 valence electrons. The van der Waals surface area contributed by atoms with Gasteiger partial charge in [-0.1, -0.05) is 12.1 Å². The van der Waals surface area contributed by atoms with E-state index in [2.05, 4.69) is 10.2 Å². The lowest BCUT2D eigenvalue weighted by Crippen LogP contribution is -2.36. The Morgan fingerprint density at radius 2 is 1.80 bits per heavy atom. The molecule has 1 aromatic rings. The highest BCUT2D eigenvalue weighted by Gasteiger charge is 2.27. The second-order valence-corrected chi connectivity index (χ2v) is 3.93. The molecular weight excluding hydrogens is 277 g/mol. The summed E-state index contributed by atoms with van der Waals surface area (Å²) in [5.41, 5.74) is 0.287. The molecule has 0 fully saturated rings. The maximum Gasteiger partial charge on any atom is 0.393 e. The second kappa shape index (κ2) is 6.38. The van der Waals surface area contributed by atoms with Crippen LogP contribution in [0, 0.1) is 0 Å². The van der Waals surface area contributed by atoms with Crippen LogP contribution < -0.4 is 5.32 Å². The van der Waals surface area contributed by atoms with E-state index < -0.39 is 24.4 Å². The number of likely N-dealkylation sites (N-methyl/N-ethyl adjacent to an activating group) is 1. The van der Waals surface area contributed by atoms with Gasteiger partial charge in [-0.15, -0.1) is 0 Å². The minimum absolute atomic E-state index is 0.0656. The Labute approximate surface area is 113 Å². The highest BCUT2D eigenvalue weighted by atomic mass is 19.4. The number of hydrogen-bond acceptors (Lipinski definition) is 3. The molecule has 0 aliphatic heterocycles. The van der Waals surface area contributed by atoms with Crippen molar-refractivity contribution >= 4 is 17.5 Å². The SMILES string of the molecule is CON(C)C(=O)C(=O)Nc1ccc(CC(F)(F)F)cc1. The fraction of sp³-hybridized carbons (Fsp3) is 0.333. The number of hydrogen-bond donors (Lipinski definition) is 1. The molecule has 0 unspecified atom stereocenters. The Balaban J connectivity index is 2.66. The number of nitrogens with zero attached hydrogens (tertiary/aromatic N) is 1. The number of amides is 2. The fourth-order valence-electron chi connectivity index (χ4n) is 1.35. The molecule has 2 amide bonds. The smallest absolute Gasteiger partial charge is 0.318 e. The normalized spacial score (nSPS) is 11.1. The number of nitrogens with one attached hydrogen (secondary N) is 1. The topological polar surface area (TPSA) is 58.6 Å². The molecule has 1 aromatic carbocycles. The van der Waals surface area contributed by atoms with Gasteiger partial charge in [-0.3, -0.25) is 14.4 Å². The first kappa shape index (κ1) is 16.0. The lowest BCUT2D eigenvalue weighted by atomic mass is 10.1. The third-order valence-corrected chi connectivity index (χ3v) is 2.37. The van der Waals surface area contributed by atoms with Crippen LogP contribution in [0.1, 0.15) is 5.56 Å². The van der Waals surface area contributed by atoms with E-state index in [-0.39, 0.29) is 11.3 Å². The summed E-state index contributed by atoms with van der Waals surface area (Å²) in [5.74, 6) is -1.87. The Bertz CT molecular complexity index is 486. The molecule has 0 aromatic heterocycles. The number of carbonyl (C=O) groups excluding carboxylic acids is 2. The van der Waals surface area contributed by atoms with Crippen LogP contribution in [0.4, 0.5) is 18.9 Å². The number of anilines is 1. The van der Waals surface area contributed by atoms with Crippen LogP contribution in [0.2, 0.25) is 0 Å². The molecular formula is C12H13F3N2O3. The van der Waals surface area contributed by atoms with E-state index in [4.69, 9.17) is 0 Å². The van der Waals surface area contributed by atoms with Gasteiger partial charge in [0.15, 0.2) is 0 Å². The average Bonchev–Trinajstić information content (AvgIpc) is 2.37. The minimum atomic E-state index is -4.29. The summed E-state index contributed by atoms with van der Waals surface area (Å²) in [6, 6.07) is 5.04. The van der Waals surface area contributed by atoms with Gasteiger partial charge in [0, 0.05) is 12.7 Å². The maximum atomic E-state index is 12.2. The van der Waals surface area contributed by atoms with Crippen LogP contribution in [0.5, 0.6) is 0 Å². The minimum Gasteiger partial charge on any atom is -0.318 e. The Morgan fingerprint density at radius 3 is 2.25 bits per heavy atom. The second-order valence-electron chi connectivity index (χ2n) is 3.93. The molecule has 0 heterocycles. The number of rotatable bonds is 3. The highest BCUT2D eigenvalue weighted by molar-refractivity contribution is 6.39. The average molecular weight is 290 g/mol. The standard InChI is InChI=1S/C12H13F3N2O3/c1-17(20-2)11(19)10(18)16-9-5-3-8(4-6-9)7-12(13,14)15/h3-6H,7H2,1-2H3,(H,16,18). The molecule has 0 saturated heterocycles. The zero-order valence-electron chi connectivity index (χ0n) is 10.8. The summed E-state index contributed by atoms with van der Waals surface area (Å²) < 4.78 is 36.5. The van der Waals surface area contributed by atoms with Crippen molar-refractivity contribution in [2.45, 2.75) is 12.6 Å². The number of carbonyl (C=O) groups is 2. The van der Waals surface area contributed by atoms with Crippen molar-refractivity contribution in [1.82, 2.24) is 5.06 Å². The maximum absolute atomic E-state index is 12.2. The Morgan fingerprint density at radius 1 is 1.25 bits per heavy atom. The van der Waals surface area contributed by atoms with Gasteiger partial charge in [0.1, 0.15) is 0 Å². The summed E-state index contributed by atoms with van der Waals surface area (Å²) >= 11 is 0. The van der Waals surface area contributed by atoms with Crippen molar-refractivity contribution in [2.24, 2.45) is 0 Å². The van der Waals surface area contributed by atoms with Crippen molar-refractivity contribution in [2.75, 3.05) is 19.5 Å². The third-order valence-electron chi connectivity index (χ3n) is 2.37. The summed E-state index contributed by atoms with van der Waals surface area (Å²) in [6.45, 7) is 0. The van der Waals surface area contributed by atoms with E-state index >= 15 is 0 Å². The summed E-state index contributed by atoms with van der Waals surface area (Å²) in [6.07, 6.45) is -5.34. The van der Waals surface area contributed by atoms with E-state index in [9.17, 15) is 22.8 Å². The molecule has 0 aliphatic rings. The lowest BCUT2D eigenvalue weighted by Gasteiger charge is -2.13. The molecule has 0 aliphatic carbocycles. The van der Waals surface area contributed by atoms with Gasteiger partial charge >= 0.3 is 18.0 Å². The monoisotopic (exact) mass is 290 g/mol. The molecule has 5 nitrogen and oxygen atoms in total. The van der Waals surface area contributed by atoms with Crippen LogP contribution in [-0.4, -0.2) is 37.2 Å². The van der Waals surface area contributed by atoms with E-state index in [1.54, 1.807) is 0 Å². The van der Waals surface area contributed by atoms with Crippen molar-refractivity contribution in [3.63, 3.8) is 0 Å². The highest BCUT2D eigenvalue weighted by Crippen LogP contribution is 2.22. The van der Waals surface area contributed by atoms with Gasteiger partial charge in [-0.2, -0.15) is 13.2 Å². The van der Waals surface area contributed by atoms with Crippen LogP contribution in [0.25, 0.3) is 0 Å². The largest absolute Gasteiger partial charge is 0.393 e. The third kappa shape index (κ3) is 4.88. The van der Waals surface area contributed by atoms with Gasteiger partial charge in [-0.05, 0) is 17.7 Å². The van der Waals surface area contributed by atoms with E-state index in [1.165, 1.54) is 38.4 Å². The van der Waals surface area contributed by atoms with Crippen LogP contribution in [-0.2, 0) is 20.8 Å². The number of benzene rings is 1. The molecule has 0 radical (unpaired) electrons. The number of hydroxylamine groups is 2.